The number of aryl methyl sites for hydroxylation is 1. The summed E-state index contributed by atoms with van der Waals surface area (Å²) in [6.45, 7) is 13.2. The van der Waals surface area contributed by atoms with Crippen molar-refractivity contribution in [1.82, 2.24) is 15.2 Å². The topological polar surface area (TPSA) is 37.4 Å². The molecule has 138 valence electrons. The van der Waals surface area contributed by atoms with Gasteiger partial charge in [-0.2, -0.15) is 0 Å². The molecule has 3 aliphatic rings. The number of hydrogen-bond donors (Lipinski definition) is 1. The molecule has 25 heavy (non-hydrogen) atoms. The molecule has 4 heteroatoms. The van der Waals surface area contributed by atoms with Gasteiger partial charge in [-0.25, -0.2) is 0 Å². The Morgan fingerprint density at radius 1 is 1.28 bits per heavy atom. The lowest BCUT2D eigenvalue weighted by molar-refractivity contribution is 0.0846. The van der Waals surface area contributed by atoms with Gasteiger partial charge >= 0.3 is 0 Å². The van der Waals surface area contributed by atoms with Crippen LogP contribution in [0, 0.1) is 11.3 Å². The fourth-order valence-corrected chi connectivity index (χ4v) is 5.29. The van der Waals surface area contributed by atoms with E-state index in [9.17, 15) is 0 Å². The maximum absolute atomic E-state index is 5.94. The highest BCUT2D eigenvalue weighted by atomic mass is 16.5. The van der Waals surface area contributed by atoms with Gasteiger partial charge in [-0.05, 0) is 55.3 Å². The van der Waals surface area contributed by atoms with Crippen molar-refractivity contribution in [3.05, 3.63) is 29.1 Å². The van der Waals surface area contributed by atoms with E-state index in [0.717, 1.165) is 32.1 Å². The summed E-state index contributed by atoms with van der Waals surface area (Å²) < 4.78 is 5.94. The van der Waals surface area contributed by atoms with Gasteiger partial charge in [-0.1, -0.05) is 26.8 Å². The largest absolute Gasteiger partial charge is 0.379 e. The summed E-state index contributed by atoms with van der Waals surface area (Å²) in [5.74, 6) is 1.22. The highest BCUT2D eigenvalue weighted by molar-refractivity contribution is 5.25. The molecule has 0 unspecified atom stereocenters. The molecule has 0 bridgehead atoms. The van der Waals surface area contributed by atoms with Gasteiger partial charge in [-0.15, -0.1) is 0 Å². The third-order valence-electron chi connectivity index (χ3n) is 6.81. The van der Waals surface area contributed by atoms with E-state index in [2.05, 4.69) is 43.1 Å². The average Bonchev–Trinajstić information content (AvgIpc) is 3.21. The van der Waals surface area contributed by atoms with Gasteiger partial charge in [-0.3, -0.25) is 9.88 Å². The molecular formula is C21H33N3O. The fraction of sp³-hybridized carbons (Fsp3) is 0.762. The molecular weight excluding hydrogens is 310 g/mol. The normalized spacial score (nSPS) is 28.8. The van der Waals surface area contributed by atoms with Crippen molar-refractivity contribution in [1.29, 1.82) is 0 Å². The first-order chi connectivity index (χ1) is 12.1. The van der Waals surface area contributed by atoms with Crippen LogP contribution < -0.4 is 5.32 Å². The number of nitrogens with zero attached hydrogens (tertiary/aromatic N) is 2. The number of aromatic nitrogens is 1. The van der Waals surface area contributed by atoms with Crippen LogP contribution in [0.25, 0.3) is 0 Å². The van der Waals surface area contributed by atoms with Crippen LogP contribution in [0.5, 0.6) is 0 Å². The number of piperidine rings is 1. The lowest BCUT2D eigenvalue weighted by atomic mass is 9.70. The van der Waals surface area contributed by atoms with Crippen molar-refractivity contribution in [3.63, 3.8) is 0 Å². The van der Waals surface area contributed by atoms with Gasteiger partial charge in [0.1, 0.15) is 0 Å². The molecule has 3 saturated heterocycles. The lowest BCUT2D eigenvalue weighted by Crippen LogP contribution is -2.42. The van der Waals surface area contributed by atoms with Gasteiger partial charge in [0.15, 0.2) is 0 Å². The second kappa shape index (κ2) is 6.98. The van der Waals surface area contributed by atoms with Crippen LogP contribution in [0.4, 0.5) is 0 Å². The summed E-state index contributed by atoms with van der Waals surface area (Å²) >= 11 is 0. The number of ether oxygens (including phenoxy) is 1. The smallest absolute Gasteiger partial charge is 0.0625 e. The molecule has 1 aromatic rings. The third-order valence-corrected chi connectivity index (χ3v) is 6.81. The van der Waals surface area contributed by atoms with Crippen LogP contribution in [-0.2, 0) is 17.7 Å². The van der Waals surface area contributed by atoms with Crippen LogP contribution in [0.3, 0.4) is 0 Å². The average molecular weight is 344 g/mol. The van der Waals surface area contributed by atoms with E-state index in [1.807, 2.05) is 0 Å². The van der Waals surface area contributed by atoms with E-state index in [4.69, 9.17) is 9.72 Å². The maximum atomic E-state index is 5.94. The highest BCUT2D eigenvalue weighted by Crippen LogP contribution is 2.49. The molecule has 4 heterocycles. The van der Waals surface area contributed by atoms with Gasteiger partial charge in [0.25, 0.3) is 0 Å². The summed E-state index contributed by atoms with van der Waals surface area (Å²) in [6, 6.07) is 5.17. The van der Waals surface area contributed by atoms with Crippen LogP contribution in [0.15, 0.2) is 12.1 Å². The van der Waals surface area contributed by atoms with Crippen molar-refractivity contribution in [2.24, 2.45) is 11.3 Å². The molecule has 4 rings (SSSR count). The molecule has 0 aromatic carbocycles. The molecule has 0 amide bonds. The van der Waals surface area contributed by atoms with Crippen molar-refractivity contribution < 1.29 is 4.74 Å². The van der Waals surface area contributed by atoms with E-state index in [0.29, 0.717) is 17.4 Å². The van der Waals surface area contributed by atoms with Crippen molar-refractivity contribution >= 4 is 0 Å². The second-order valence-corrected chi connectivity index (χ2v) is 8.58. The number of likely N-dealkylation sites (tertiary alicyclic amines) is 1. The number of pyridine rings is 1. The quantitative estimate of drug-likeness (QED) is 0.912. The SMILES string of the molecule is CCc1nc(C(C)C)ccc1CN1CC2(CCNCC2)[C@@H]2COC[C@@H]21. The van der Waals surface area contributed by atoms with Crippen LogP contribution in [0.1, 0.15) is 56.5 Å². The van der Waals surface area contributed by atoms with Gasteiger partial charge in [0.2, 0.25) is 0 Å². The molecule has 0 radical (unpaired) electrons. The van der Waals surface area contributed by atoms with Crippen molar-refractivity contribution in [2.75, 3.05) is 32.8 Å². The molecule has 4 nitrogen and oxygen atoms in total. The summed E-state index contributed by atoms with van der Waals surface area (Å²) in [4.78, 5) is 7.67. The van der Waals surface area contributed by atoms with E-state index >= 15 is 0 Å². The van der Waals surface area contributed by atoms with Crippen LogP contribution in [-0.4, -0.2) is 48.8 Å². The number of fused-ring (bicyclic) bond motifs is 2. The van der Waals surface area contributed by atoms with Gasteiger partial charge in [0, 0.05) is 36.4 Å². The standard InChI is InChI=1S/C21H33N3O/c1-4-18-16(5-6-19(23-18)15(2)3)11-24-14-21(7-9-22-10-8-21)17-12-25-13-20(17)24/h5-6,15,17,20,22H,4,7-14H2,1-3H3/t17-,20+/m1/s1. The lowest BCUT2D eigenvalue weighted by Gasteiger charge is -2.38. The molecule has 0 aliphatic carbocycles. The second-order valence-electron chi connectivity index (χ2n) is 8.58. The maximum Gasteiger partial charge on any atom is 0.0625 e. The summed E-state index contributed by atoms with van der Waals surface area (Å²) in [5, 5.41) is 3.55. The number of hydrogen-bond acceptors (Lipinski definition) is 4. The molecule has 3 aliphatic heterocycles. The van der Waals surface area contributed by atoms with Crippen LogP contribution >= 0.6 is 0 Å². The molecule has 2 atom stereocenters. The van der Waals surface area contributed by atoms with E-state index < -0.39 is 0 Å². The Balaban J connectivity index is 1.56. The van der Waals surface area contributed by atoms with Crippen LogP contribution in [0.2, 0.25) is 0 Å². The Bertz CT molecular complexity index is 609. The monoisotopic (exact) mass is 343 g/mol. The predicted molar refractivity (Wildman–Crippen MR) is 101 cm³/mol. The minimum absolute atomic E-state index is 0.476. The summed E-state index contributed by atoms with van der Waals surface area (Å²) in [5.41, 5.74) is 4.40. The first-order valence-corrected chi connectivity index (χ1v) is 10.1. The van der Waals surface area contributed by atoms with E-state index in [1.165, 1.54) is 49.4 Å². The highest BCUT2D eigenvalue weighted by Gasteiger charge is 2.54. The number of nitrogens with one attached hydrogen (secondary N) is 1. The Morgan fingerprint density at radius 2 is 2.08 bits per heavy atom. The number of rotatable bonds is 4. The van der Waals surface area contributed by atoms with Crippen molar-refractivity contribution in [3.8, 4) is 0 Å². The summed E-state index contributed by atoms with van der Waals surface area (Å²) in [7, 11) is 0. The third kappa shape index (κ3) is 3.13. The Labute approximate surface area is 152 Å². The van der Waals surface area contributed by atoms with E-state index in [-0.39, 0.29) is 0 Å². The summed E-state index contributed by atoms with van der Waals surface area (Å²) in [6.07, 6.45) is 3.63. The first-order valence-electron chi connectivity index (χ1n) is 10.1. The fourth-order valence-electron chi connectivity index (χ4n) is 5.29. The van der Waals surface area contributed by atoms with Gasteiger partial charge < -0.3 is 10.1 Å². The molecule has 1 N–H and O–H groups in total. The first kappa shape index (κ1) is 17.4. The Morgan fingerprint density at radius 3 is 2.80 bits per heavy atom. The van der Waals surface area contributed by atoms with Crippen molar-refractivity contribution in [2.45, 2.75) is 58.5 Å². The minimum atomic E-state index is 0.476. The minimum Gasteiger partial charge on any atom is -0.379 e. The molecule has 0 saturated carbocycles. The molecule has 1 spiro atoms. The molecule has 3 fully saturated rings. The predicted octanol–water partition coefficient (Wildman–Crippen LogP) is 2.97. The van der Waals surface area contributed by atoms with Gasteiger partial charge in [0.05, 0.1) is 13.2 Å². The zero-order valence-corrected chi connectivity index (χ0v) is 16.1. The zero-order valence-electron chi connectivity index (χ0n) is 16.1. The Kier molecular flexibility index (Phi) is 4.87. The van der Waals surface area contributed by atoms with E-state index in [1.54, 1.807) is 0 Å². The molecule has 1 aromatic heterocycles. The Hall–Kier alpha value is -0.970. The zero-order chi connectivity index (χ0) is 17.4.